The Hall–Kier alpha value is -1.43. The van der Waals surface area contributed by atoms with Crippen molar-refractivity contribution in [1.29, 1.82) is 0 Å². The van der Waals surface area contributed by atoms with Gasteiger partial charge in [0.2, 0.25) is 0 Å². The minimum absolute atomic E-state index is 0.0269. The number of hydrogen-bond donors (Lipinski definition) is 0. The Kier molecular flexibility index (Phi) is 3.77. The average molecular weight is 264 g/mol. The van der Waals surface area contributed by atoms with Crippen molar-refractivity contribution in [2.24, 2.45) is 5.92 Å². The van der Waals surface area contributed by atoms with E-state index in [1.807, 2.05) is 4.68 Å². The maximum atomic E-state index is 12.2. The summed E-state index contributed by atoms with van der Waals surface area (Å²) in [6.07, 6.45) is 6.97. The molecule has 2 fully saturated rings. The first-order chi connectivity index (χ1) is 9.33. The summed E-state index contributed by atoms with van der Waals surface area (Å²) in [5, 5.41) is 8.10. The summed E-state index contributed by atoms with van der Waals surface area (Å²) in [6.45, 7) is 3.41. The molecular formula is C13H20N4O2. The van der Waals surface area contributed by atoms with Crippen molar-refractivity contribution < 1.29 is 9.53 Å². The quantitative estimate of drug-likeness (QED) is 0.815. The van der Waals surface area contributed by atoms with Crippen molar-refractivity contribution in [1.82, 2.24) is 19.9 Å². The van der Waals surface area contributed by atoms with E-state index in [0.29, 0.717) is 37.9 Å². The van der Waals surface area contributed by atoms with E-state index in [1.165, 1.54) is 25.7 Å². The number of carbonyl (C=O) groups excluding carboxylic acids is 1. The molecule has 1 aromatic heterocycles. The van der Waals surface area contributed by atoms with E-state index in [-0.39, 0.29) is 5.91 Å². The van der Waals surface area contributed by atoms with Gasteiger partial charge in [-0.1, -0.05) is 18.1 Å². The molecule has 2 heterocycles. The summed E-state index contributed by atoms with van der Waals surface area (Å²) in [7, 11) is 0. The highest BCUT2D eigenvalue weighted by Crippen LogP contribution is 2.25. The van der Waals surface area contributed by atoms with Crippen LogP contribution in [-0.2, 0) is 11.3 Å². The normalized spacial score (nSPS) is 20.9. The zero-order valence-electron chi connectivity index (χ0n) is 11.1. The van der Waals surface area contributed by atoms with Crippen molar-refractivity contribution in [3.05, 3.63) is 11.9 Å². The lowest BCUT2D eigenvalue weighted by atomic mass is 10.1. The van der Waals surface area contributed by atoms with Crippen LogP contribution in [0.2, 0.25) is 0 Å². The Morgan fingerprint density at radius 3 is 2.79 bits per heavy atom. The van der Waals surface area contributed by atoms with Crippen LogP contribution in [0.5, 0.6) is 0 Å². The van der Waals surface area contributed by atoms with Crippen LogP contribution in [0.4, 0.5) is 0 Å². The van der Waals surface area contributed by atoms with Crippen LogP contribution in [0, 0.1) is 5.92 Å². The molecule has 0 unspecified atom stereocenters. The van der Waals surface area contributed by atoms with Crippen LogP contribution in [0.15, 0.2) is 6.20 Å². The first-order valence-electron chi connectivity index (χ1n) is 7.10. The van der Waals surface area contributed by atoms with Crippen LogP contribution in [0.1, 0.15) is 36.2 Å². The Labute approximate surface area is 112 Å². The first kappa shape index (κ1) is 12.6. The molecule has 0 bridgehead atoms. The van der Waals surface area contributed by atoms with E-state index in [2.05, 4.69) is 10.3 Å². The van der Waals surface area contributed by atoms with Gasteiger partial charge in [-0.05, 0) is 18.8 Å². The van der Waals surface area contributed by atoms with Crippen LogP contribution in [-0.4, -0.2) is 52.1 Å². The molecule has 1 aliphatic carbocycles. The summed E-state index contributed by atoms with van der Waals surface area (Å²) in [4.78, 5) is 14.0. The highest BCUT2D eigenvalue weighted by Gasteiger charge is 2.22. The summed E-state index contributed by atoms with van der Waals surface area (Å²) in [5.41, 5.74) is 0.458. The topological polar surface area (TPSA) is 60.2 Å². The van der Waals surface area contributed by atoms with Gasteiger partial charge in [-0.3, -0.25) is 9.48 Å². The lowest BCUT2D eigenvalue weighted by Crippen LogP contribution is -2.40. The fourth-order valence-electron chi connectivity index (χ4n) is 2.87. The molecule has 104 valence electrons. The summed E-state index contributed by atoms with van der Waals surface area (Å²) >= 11 is 0. The van der Waals surface area contributed by atoms with Crippen molar-refractivity contribution in [3.8, 4) is 0 Å². The Bertz CT molecular complexity index is 434. The van der Waals surface area contributed by atoms with Gasteiger partial charge in [0.1, 0.15) is 0 Å². The maximum Gasteiger partial charge on any atom is 0.276 e. The fraction of sp³-hybridized carbons (Fsp3) is 0.769. The predicted octanol–water partition coefficient (Wildman–Crippen LogP) is 0.941. The van der Waals surface area contributed by atoms with Gasteiger partial charge in [-0.15, -0.1) is 5.10 Å². The number of hydrogen-bond acceptors (Lipinski definition) is 4. The maximum absolute atomic E-state index is 12.2. The smallest absolute Gasteiger partial charge is 0.276 e. The van der Waals surface area contributed by atoms with Crippen LogP contribution >= 0.6 is 0 Å². The SMILES string of the molecule is O=C(c1cn(CC2CCCC2)nn1)N1CCOCC1. The standard InChI is InChI=1S/C13H20N4O2/c18-13(16-5-7-19-8-6-16)12-10-17(15-14-12)9-11-3-1-2-4-11/h10-11H,1-9H2. The van der Waals surface area contributed by atoms with Crippen LogP contribution in [0.3, 0.4) is 0 Å². The third-order valence-electron chi connectivity index (χ3n) is 3.98. The second-order valence-corrected chi connectivity index (χ2v) is 5.38. The second-order valence-electron chi connectivity index (χ2n) is 5.38. The second kappa shape index (κ2) is 5.69. The number of aromatic nitrogens is 3. The van der Waals surface area contributed by atoms with Crippen molar-refractivity contribution in [2.75, 3.05) is 26.3 Å². The summed E-state index contributed by atoms with van der Waals surface area (Å²) in [6, 6.07) is 0. The number of nitrogens with zero attached hydrogens (tertiary/aromatic N) is 4. The molecule has 1 amide bonds. The minimum Gasteiger partial charge on any atom is -0.378 e. The molecule has 0 spiro atoms. The Morgan fingerprint density at radius 2 is 2.05 bits per heavy atom. The molecule has 2 aliphatic rings. The van der Waals surface area contributed by atoms with Gasteiger partial charge in [-0.2, -0.15) is 0 Å². The minimum atomic E-state index is -0.0269. The first-order valence-corrected chi connectivity index (χ1v) is 7.10. The van der Waals surface area contributed by atoms with Crippen LogP contribution in [0.25, 0.3) is 0 Å². The van der Waals surface area contributed by atoms with Gasteiger partial charge in [-0.25, -0.2) is 0 Å². The van der Waals surface area contributed by atoms with Gasteiger partial charge < -0.3 is 9.64 Å². The molecule has 1 aliphatic heterocycles. The average Bonchev–Trinajstić information content (AvgIpc) is 3.11. The van der Waals surface area contributed by atoms with Gasteiger partial charge in [0, 0.05) is 19.6 Å². The third-order valence-corrected chi connectivity index (χ3v) is 3.98. The number of amides is 1. The number of morpholine rings is 1. The zero-order chi connectivity index (χ0) is 13.1. The molecule has 0 aromatic carbocycles. The monoisotopic (exact) mass is 264 g/mol. The van der Waals surface area contributed by atoms with Crippen molar-refractivity contribution in [2.45, 2.75) is 32.2 Å². The van der Waals surface area contributed by atoms with E-state index in [1.54, 1.807) is 11.1 Å². The predicted molar refractivity (Wildman–Crippen MR) is 68.7 cm³/mol. The largest absolute Gasteiger partial charge is 0.378 e. The van der Waals surface area contributed by atoms with Crippen molar-refractivity contribution >= 4 is 5.91 Å². The van der Waals surface area contributed by atoms with E-state index >= 15 is 0 Å². The summed E-state index contributed by atoms with van der Waals surface area (Å²) in [5.74, 6) is 0.675. The van der Waals surface area contributed by atoms with Gasteiger partial charge in [0.25, 0.3) is 5.91 Å². The molecule has 1 saturated carbocycles. The molecule has 19 heavy (non-hydrogen) atoms. The Balaban J connectivity index is 1.61. The van der Waals surface area contributed by atoms with Gasteiger partial charge in [0.05, 0.1) is 19.4 Å². The lowest BCUT2D eigenvalue weighted by molar-refractivity contribution is 0.0299. The molecule has 3 rings (SSSR count). The number of ether oxygens (including phenoxy) is 1. The summed E-state index contributed by atoms with van der Waals surface area (Å²) < 4.78 is 7.07. The molecule has 6 nitrogen and oxygen atoms in total. The van der Waals surface area contributed by atoms with Crippen LogP contribution < -0.4 is 0 Å². The molecule has 0 radical (unpaired) electrons. The van der Waals surface area contributed by atoms with E-state index in [9.17, 15) is 4.79 Å². The van der Waals surface area contributed by atoms with Crippen molar-refractivity contribution in [3.63, 3.8) is 0 Å². The van der Waals surface area contributed by atoms with Gasteiger partial charge in [0.15, 0.2) is 5.69 Å². The molecule has 1 saturated heterocycles. The van der Waals surface area contributed by atoms with E-state index in [0.717, 1.165) is 6.54 Å². The van der Waals surface area contributed by atoms with E-state index in [4.69, 9.17) is 4.74 Å². The number of carbonyl (C=O) groups is 1. The zero-order valence-corrected chi connectivity index (χ0v) is 11.1. The highest BCUT2D eigenvalue weighted by molar-refractivity contribution is 5.91. The Morgan fingerprint density at radius 1 is 1.32 bits per heavy atom. The highest BCUT2D eigenvalue weighted by atomic mass is 16.5. The molecule has 6 heteroatoms. The lowest BCUT2D eigenvalue weighted by Gasteiger charge is -2.25. The molecule has 0 N–H and O–H groups in total. The van der Waals surface area contributed by atoms with Gasteiger partial charge >= 0.3 is 0 Å². The fourth-order valence-corrected chi connectivity index (χ4v) is 2.87. The molecule has 1 aromatic rings. The van der Waals surface area contributed by atoms with E-state index < -0.39 is 0 Å². The molecule has 0 atom stereocenters. The number of rotatable bonds is 3. The molecular weight excluding hydrogens is 244 g/mol. The third kappa shape index (κ3) is 2.94.